The molecule has 2 aliphatic carbocycles. The predicted molar refractivity (Wildman–Crippen MR) is 230 cm³/mol. The Morgan fingerprint density at radius 2 is 1.25 bits per heavy atom. The van der Waals surface area contributed by atoms with Crippen LogP contribution in [0.25, 0.3) is 0 Å². The number of amides is 5. The molecule has 0 bridgehead atoms. The van der Waals surface area contributed by atoms with E-state index >= 15 is 0 Å². The van der Waals surface area contributed by atoms with E-state index in [0.717, 1.165) is 32.1 Å². The Labute approximate surface area is 382 Å². The molecule has 23 heteroatoms. The van der Waals surface area contributed by atoms with Crippen LogP contribution in [0.2, 0.25) is 0 Å². The van der Waals surface area contributed by atoms with Gasteiger partial charge in [-0.3, -0.25) is 33.6 Å². The molecule has 4 aliphatic heterocycles. The maximum atomic E-state index is 13.1. The number of rotatable bonds is 11. The number of aromatic carboxylic acids is 1. The maximum absolute atomic E-state index is 13.1. The van der Waals surface area contributed by atoms with Crippen LogP contribution < -0.4 is 21.7 Å². The first kappa shape index (κ1) is 48.7. The van der Waals surface area contributed by atoms with E-state index in [0.29, 0.717) is 68.0 Å². The number of carboxylic acid groups (broad SMARTS) is 1. The number of piperidine rings is 2. The molecule has 5 amide bonds. The number of hydrogen-bond donors (Lipinski definition) is 5. The van der Waals surface area contributed by atoms with Gasteiger partial charge in [0, 0.05) is 48.3 Å². The minimum atomic E-state index is -1.06. The molecule has 6 N–H and O–H groups in total. The van der Waals surface area contributed by atoms with Crippen LogP contribution in [0.3, 0.4) is 0 Å². The molecule has 6 heterocycles. The van der Waals surface area contributed by atoms with Gasteiger partial charge < -0.3 is 45.6 Å². The Bertz CT molecular complexity index is 2240. The van der Waals surface area contributed by atoms with Crippen molar-refractivity contribution >= 4 is 70.6 Å². The van der Waals surface area contributed by atoms with Crippen LogP contribution in [0.1, 0.15) is 110 Å². The molecule has 6 fully saturated rings. The molecule has 2 aromatic heterocycles. The number of nitrogens with zero attached hydrogens (tertiary/aromatic N) is 6. The average molecular weight is 937 g/mol. The number of carboxylic acids is 1. The van der Waals surface area contributed by atoms with Crippen LogP contribution in [0.5, 0.6) is 0 Å². The summed E-state index contributed by atoms with van der Waals surface area (Å²) in [5.41, 5.74) is 5.88. The minimum absolute atomic E-state index is 0.00463. The molecule has 2 aromatic rings. The molecular weight excluding hydrogens is 885 g/mol. The third kappa shape index (κ3) is 11.9. The number of nitrogens with one attached hydrogen (secondary N) is 3. The number of hydrogen-bond acceptors (Lipinski definition) is 17. The fourth-order valence-corrected chi connectivity index (χ4v) is 11.7. The van der Waals surface area contributed by atoms with Crippen molar-refractivity contribution in [2.24, 2.45) is 17.6 Å². The molecule has 0 radical (unpaired) electrons. The van der Waals surface area contributed by atoms with E-state index in [-0.39, 0.29) is 63.3 Å². The van der Waals surface area contributed by atoms with Gasteiger partial charge in [0.2, 0.25) is 23.6 Å². The largest absolute Gasteiger partial charge is 0.476 e. The lowest BCUT2D eigenvalue weighted by Crippen LogP contribution is -2.59. The van der Waals surface area contributed by atoms with Gasteiger partial charge in [-0.05, 0) is 78.1 Å². The number of aryl methyl sites for hydroxylation is 2. The van der Waals surface area contributed by atoms with E-state index in [4.69, 9.17) is 15.4 Å². The zero-order chi connectivity index (χ0) is 46.9. The Morgan fingerprint density at radius 3 is 1.66 bits per heavy atom. The van der Waals surface area contributed by atoms with E-state index in [9.17, 15) is 48.9 Å². The third-order valence-electron chi connectivity index (χ3n) is 12.2. The van der Waals surface area contributed by atoms with Gasteiger partial charge in [0.05, 0.1) is 28.9 Å². The summed E-state index contributed by atoms with van der Waals surface area (Å²) in [6.45, 7) is 3.31. The lowest BCUT2D eigenvalue weighted by molar-refractivity contribution is -0.143. The summed E-state index contributed by atoms with van der Waals surface area (Å²) < 4.78 is 9.41. The predicted octanol–water partition coefficient (Wildman–Crippen LogP) is 1.74. The number of ketones is 2. The number of thioether (sulfide) groups is 2. The maximum Gasteiger partial charge on any atom is 0.358 e. The fraction of sp³-hybridized carbons (Fsp3) is 0.619. The van der Waals surface area contributed by atoms with Crippen LogP contribution in [-0.4, -0.2) is 131 Å². The minimum Gasteiger partial charge on any atom is -0.476 e. The van der Waals surface area contributed by atoms with Crippen molar-refractivity contribution in [1.82, 2.24) is 36.1 Å². The molecule has 348 valence electrons. The monoisotopic (exact) mass is 936 g/mol. The van der Waals surface area contributed by atoms with Gasteiger partial charge in [0.15, 0.2) is 11.4 Å². The summed E-state index contributed by atoms with van der Waals surface area (Å²) in [6, 6.07) is 2.94. The number of nitriles is 2. The summed E-state index contributed by atoms with van der Waals surface area (Å²) in [7, 11) is 0. The van der Waals surface area contributed by atoms with E-state index in [2.05, 4.69) is 42.9 Å². The van der Waals surface area contributed by atoms with Gasteiger partial charge >= 0.3 is 5.97 Å². The summed E-state index contributed by atoms with van der Waals surface area (Å²) in [5.74, 6) is -0.847. The molecule has 21 nitrogen and oxygen atoms in total. The van der Waals surface area contributed by atoms with Gasteiger partial charge in [-0.25, -0.2) is 4.79 Å². The quantitative estimate of drug-likeness (QED) is 0.214. The van der Waals surface area contributed by atoms with Crippen LogP contribution in [0, 0.1) is 48.3 Å². The Kier molecular flexibility index (Phi) is 16.4. The third-order valence-corrected chi connectivity index (χ3v) is 14.9. The van der Waals surface area contributed by atoms with Gasteiger partial charge in [0.1, 0.15) is 53.3 Å². The number of Topliss-reactive ketones (excluding diaryl/α,β-unsaturated/α-hetero) is 2. The standard InChI is InChI=1S/C21H25N5O5S.C16H22N4O3S.C5H5NO3/c1-11-7-15(25-31-11)19(28)24-14-5-6-18-26(21(14)30)16(10-32-18)20(29)23-13(9-22)8-12-3-2-4-17(12)27;17-7-10(6-9-2-1-3-13(9)21)19-15(22)12-8-24-14-5-4-11(18)16(23)20(12)14;1-3-2-4(5(7)8)6-9-3/h7,12-14,16,18H,2-6,8,10H2,1H3,(H,23,29)(H,24,28);9-12,14H,1-6,8,18H2,(H,19,22);2H,1H3,(H,7,8)/t12-,13-,14-,16-,18-;9-,10-,11-,12-,14-;/m00./s1. The summed E-state index contributed by atoms with van der Waals surface area (Å²) >= 11 is 3.11. The SMILES string of the molecule is Cc1cc(C(=O)N[C@H]2CC[C@@H]3SC[C@@H](C(=O)N[C@H](C#N)C[C@@H]4CCCC4=O)N3C2=O)no1.Cc1cc(C(=O)O)no1.N#C[C@H](C[C@@H]1CCCC1=O)NC(=O)[C@@H]1CS[C@H]2CC[C@H](N)C(=O)N21. The van der Waals surface area contributed by atoms with Crippen LogP contribution in [0.4, 0.5) is 0 Å². The number of fused-ring (bicyclic) bond motifs is 2. The van der Waals surface area contributed by atoms with Crippen LogP contribution >= 0.6 is 23.5 Å². The molecule has 0 spiro atoms. The zero-order valence-electron chi connectivity index (χ0n) is 35.9. The van der Waals surface area contributed by atoms with Gasteiger partial charge in [-0.15, -0.1) is 23.5 Å². The van der Waals surface area contributed by atoms with Gasteiger partial charge in [-0.2, -0.15) is 10.5 Å². The molecule has 2 saturated carbocycles. The second-order valence-electron chi connectivity index (χ2n) is 16.8. The average Bonchev–Trinajstić information content (AvgIpc) is 4.16. The molecule has 0 aromatic carbocycles. The van der Waals surface area contributed by atoms with Crippen molar-refractivity contribution in [2.45, 2.75) is 138 Å². The molecule has 4 saturated heterocycles. The zero-order valence-corrected chi connectivity index (χ0v) is 37.6. The molecule has 8 rings (SSSR count). The van der Waals surface area contributed by atoms with E-state index < -0.39 is 54.0 Å². The first-order valence-corrected chi connectivity index (χ1v) is 23.7. The molecule has 65 heavy (non-hydrogen) atoms. The Hall–Kier alpha value is -5.78. The summed E-state index contributed by atoms with van der Waals surface area (Å²) in [5, 5.41) is 42.0. The number of carbonyl (C=O) groups is 8. The van der Waals surface area contributed by atoms with Crippen molar-refractivity contribution in [3.8, 4) is 12.1 Å². The highest BCUT2D eigenvalue weighted by atomic mass is 32.2. The van der Waals surface area contributed by atoms with E-state index in [1.54, 1.807) is 30.5 Å². The van der Waals surface area contributed by atoms with Gasteiger partial charge in [-0.1, -0.05) is 10.3 Å². The second kappa shape index (κ2) is 21.9. The lowest BCUT2D eigenvalue weighted by Gasteiger charge is -2.37. The Morgan fingerprint density at radius 1 is 0.769 bits per heavy atom. The first-order chi connectivity index (χ1) is 31.1. The normalized spacial score (nSPS) is 27.7. The van der Waals surface area contributed by atoms with Crippen LogP contribution in [-0.2, 0) is 28.8 Å². The van der Waals surface area contributed by atoms with Gasteiger partial charge in [0.25, 0.3) is 5.91 Å². The number of nitrogens with two attached hydrogens (primary N) is 1. The molecule has 6 aliphatic rings. The fourth-order valence-electron chi connectivity index (χ4n) is 8.79. The number of aromatic nitrogens is 2. The van der Waals surface area contributed by atoms with Crippen molar-refractivity contribution in [2.75, 3.05) is 11.5 Å². The van der Waals surface area contributed by atoms with E-state index in [1.165, 1.54) is 28.8 Å². The van der Waals surface area contributed by atoms with Crippen molar-refractivity contribution in [3.63, 3.8) is 0 Å². The lowest BCUT2D eigenvalue weighted by atomic mass is 9.97. The molecular formula is C42H52N10O11S2. The first-order valence-electron chi connectivity index (χ1n) is 21.6. The summed E-state index contributed by atoms with van der Waals surface area (Å²) in [4.78, 5) is 100. The second-order valence-corrected chi connectivity index (χ2v) is 19.2. The van der Waals surface area contributed by atoms with Crippen molar-refractivity contribution in [1.29, 1.82) is 10.5 Å². The summed E-state index contributed by atoms with van der Waals surface area (Å²) in [6.07, 6.45) is 7.50. The van der Waals surface area contributed by atoms with Crippen LogP contribution in [0.15, 0.2) is 21.2 Å². The smallest absolute Gasteiger partial charge is 0.358 e. The van der Waals surface area contributed by atoms with E-state index in [1.807, 2.05) is 0 Å². The van der Waals surface area contributed by atoms with Crippen molar-refractivity contribution < 1.29 is 52.5 Å². The Balaban J connectivity index is 0.000000186. The highest BCUT2D eigenvalue weighted by Gasteiger charge is 2.48. The molecule has 10 atom stereocenters. The highest BCUT2D eigenvalue weighted by Crippen LogP contribution is 2.38. The highest BCUT2D eigenvalue weighted by molar-refractivity contribution is 8.00. The topological polar surface area (TPSA) is 325 Å². The number of carbonyl (C=O) groups excluding carboxylic acids is 7. The van der Waals surface area contributed by atoms with Crippen molar-refractivity contribution in [3.05, 3.63) is 35.0 Å². The molecule has 0 unspecified atom stereocenters.